The van der Waals surface area contributed by atoms with E-state index in [1.807, 2.05) is 35.2 Å². The number of phenols is 1. The van der Waals surface area contributed by atoms with Crippen LogP contribution in [0, 0.1) is 23.0 Å². The largest absolute Gasteiger partial charge is 0.505 e. The Balaban J connectivity index is 1.57. The molecule has 3 heterocycles. The molecule has 4 aromatic rings. The van der Waals surface area contributed by atoms with E-state index in [9.17, 15) is 27.6 Å². The van der Waals surface area contributed by atoms with Crippen molar-refractivity contribution in [3.8, 4) is 23.1 Å². The molecule has 0 unspecified atom stereocenters. The highest BCUT2D eigenvalue weighted by molar-refractivity contribution is 7.88. The van der Waals surface area contributed by atoms with Gasteiger partial charge in [-0.1, -0.05) is 30.3 Å². The van der Waals surface area contributed by atoms with Gasteiger partial charge in [-0.05, 0) is 18.1 Å². The van der Waals surface area contributed by atoms with Crippen molar-refractivity contribution in [2.45, 2.75) is 12.5 Å². The minimum absolute atomic E-state index is 0.0884. The van der Waals surface area contributed by atoms with E-state index in [0.29, 0.717) is 29.9 Å². The maximum absolute atomic E-state index is 14.4. The average Bonchev–Trinajstić information content (AvgIpc) is 3.22. The van der Waals surface area contributed by atoms with Gasteiger partial charge in [0, 0.05) is 44.5 Å². The number of aryl methyl sites for hydroxylation is 1. The van der Waals surface area contributed by atoms with Crippen LogP contribution in [0.3, 0.4) is 0 Å². The molecular weight excluding hydrogens is 516 g/mol. The average molecular weight is 540 g/mol. The second kappa shape index (κ2) is 9.62. The molecule has 5 rings (SSSR count). The van der Waals surface area contributed by atoms with Crippen LogP contribution in [0.25, 0.3) is 22.3 Å². The Kier molecular flexibility index (Phi) is 6.46. The van der Waals surface area contributed by atoms with E-state index >= 15 is 0 Å². The van der Waals surface area contributed by atoms with Gasteiger partial charge in [-0.25, -0.2) is 22.5 Å². The molecule has 2 aromatic carbocycles. The number of nitriles is 1. The van der Waals surface area contributed by atoms with Crippen LogP contribution in [-0.4, -0.2) is 69.5 Å². The molecule has 0 saturated carbocycles. The number of anilines is 1. The first-order valence-corrected chi connectivity index (χ1v) is 13.5. The second-order valence-electron chi connectivity index (χ2n) is 9.10. The third-order valence-electron chi connectivity index (χ3n) is 6.61. The zero-order valence-corrected chi connectivity index (χ0v) is 21.3. The Hall–Kier alpha value is -4.15. The number of halogens is 2. The predicted octanol–water partition coefficient (Wildman–Crippen LogP) is 2.58. The van der Waals surface area contributed by atoms with E-state index in [2.05, 4.69) is 15.1 Å². The zero-order chi connectivity index (χ0) is 27.2. The van der Waals surface area contributed by atoms with E-state index in [-0.39, 0.29) is 30.4 Å². The van der Waals surface area contributed by atoms with Crippen molar-refractivity contribution in [3.05, 3.63) is 65.4 Å². The summed E-state index contributed by atoms with van der Waals surface area (Å²) in [4.78, 5) is 11.1. The van der Waals surface area contributed by atoms with Gasteiger partial charge < -0.3 is 10.0 Å². The maximum Gasteiger partial charge on any atom is 0.227 e. The lowest BCUT2D eigenvalue weighted by molar-refractivity contribution is 0.330. The first-order valence-electron chi connectivity index (χ1n) is 11.7. The lowest BCUT2D eigenvalue weighted by atomic mass is 10.0. The number of aromatic hydroxyl groups is 1. The van der Waals surface area contributed by atoms with E-state index in [1.165, 1.54) is 21.4 Å². The van der Waals surface area contributed by atoms with Gasteiger partial charge in [-0.2, -0.15) is 24.0 Å². The number of nitrogens with zero attached hydrogens (tertiary/aromatic N) is 7. The smallest absolute Gasteiger partial charge is 0.227 e. The van der Waals surface area contributed by atoms with Crippen molar-refractivity contribution in [1.29, 1.82) is 5.26 Å². The van der Waals surface area contributed by atoms with Gasteiger partial charge >= 0.3 is 0 Å². The summed E-state index contributed by atoms with van der Waals surface area (Å²) in [5, 5.41) is 24.0. The van der Waals surface area contributed by atoms with E-state index < -0.39 is 33.0 Å². The monoisotopic (exact) mass is 539 g/mol. The maximum atomic E-state index is 14.4. The van der Waals surface area contributed by atoms with Gasteiger partial charge in [-0.3, -0.25) is 0 Å². The van der Waals surface area contributed by atoms with Crippen LogP contribution in [0.15, 0.2) is 42.6 Å². The van der Waals surface area contributed by atoms with Gasteiger partial charge in [0.15, 0.2) is 17.2 Å². The molecule has 13 heteroatoms. The molecule has 0 aliphatic carbocycles. The van der Waals surface area contributed by atoms with Gasteiger partial charge in [0.25, 0.3) is 0 Å². The highest BCUT2D eigenvalue weighted by atomic mass is 32.2. The van der Waals surface area contributed by atoms with E-state index in [0.717, 1.165) is 11.6 Å². The molecule has 1 aliphatic heterocycles. The van der Waals surface area contributed by atoms with Crippen molar-refractivity contribution in [2.75, 3.05) is 30.8 Å². The molecule has 0 bridgehead atoms. The van der Waals surface area contributed by atoms with Crippen molar-refractivity contribution in [2.24, 2.45) is 7.05 Å². The quantitative estimate of drug-likeness (QED) is 0.410. The van der Waals surface area contributed by atoms with Crippen LogP contribution in [0.5, 0.6) is 5.75 Å². The third-order valence-corrected chi connectivity index (χ3v) is 7.88. The lowest BCUT2D eigenvalue weighted by Gasteiger charge is -2.40. The number of aromatic nitrogens is 4. The number of phenolic OH excluding ortho intramolecular Hbond substituents is 1. The highest BCUT2D eigenvalue weighted by Crippen LogP contribution is 2.35. The Morgan fingerprint density at radius 2 is 1.92 bits per heavy atom. The number of benzene rings is 2. The number of sulfonamides is 1. The molecule has 1 atom stereocenters. The third kappa shape index (κ3) is 4.52. The van der Waals surface area contributed by atoms with Crippen molar-refractivity contribution < 1.29 is 22.3 Å². The van der Waals surface area contributed by atoms with Crippen LogP contribution >= 0.6 is 0 Å². The van der Waals surface area contributed by atoms with Crippen molar-refractivity contribution >= 4 is 27.0 Å². The molecule has 1 saturated heterocycles. The molecule has 0 radical (unpaired) electrons. The molecule has 2 aromatic heterocycles. The molecule has 196 valence electrons. The van der Waals surface area contributed by atoms with Gasteiger partial charge in [0.1, 0.15) is 17.3 Å². The standard InChI is InChI=1S/C25H23F2N7O3S/c1-32-24-19(23(31-32)17-11-20(35)22(27)21(26)18(17)12-28)13-29-25(30-24)34-9-8-33(38(2,36)37)14-16(34)10-15-6-4-3-5-7-15/h3-7,11,13,16,35H,8-10,14H2,1-2H3/t16-/m1/s1. The summed E-state index contributed by atoms with van der Waals surface area (Å²) in [5.41, 5.74) is 0.826. The Labute approximate surface area is 217 Å². The summed E-state index contributed by atoms with van der Waals surface area (Å²) in [5.74, 6) is -3.57. The highest BCUT2D eigenvalue weighted by Gasteiger charge is 2.33. The second-order valence-corrected chi connectivity index (χ2v) is 11.1. The van der Waals surface area contributed by atoms with E-state index in [4.69, 9.17) is 0 Å². The molecule has 1 fully saturated rings. The summed E-state index contributed by atoms with van der Waals surface area (Å²) < 4.78 is 55.7. The topological polar surface area (TPSA) is 128 Å². The SMILES string of the molecule is Cn1nc(-c2cc(O)c(F)c(F)c2C#N)c2cnc(N3CCN(S(C)(=O)=O)C[C@H]3Cc3ccccc3)nc21. The summed E-state index contributed by atoms with van der Waals surface area (Å²) in [6, 6.07) is 12.0. The lowest BCUT2D eigenvalue weighted by Crippen LogP contribution is -2.56. The summed E-state index contributed by atoms with van der Waals surface area (Å²) in [6.07, 6.45) is 3.22. The van der Waals surface area contributed by atoms with Crippen LogP contribution in [0.1, 0.15) is 11.1 Å². The van der Waals surface area contributed by atoms with Crippen LogP contribution in [0.2, 0.25) is 0 Å². The van der Waals surface area contributed by atoms with Gasteiger partial charge in [0.05, 0.1) is 11.6 Å². The summed E-state index contributed by atoms with van der Waals surface area (Å²) in [6.45, 7) is 0.879. The first kappa shape index (κ1) is 25.5. The molecule has 38 heavy (non-hydrogen) atoms. The number of piperazine rings is 1. The molecule has 0 spiro atoms. The minimum atomic E-state index is -3.39. The number of rotatable bonds is 5. The fourth-order valence-corrected chi connectivity index (χ4v) is 5.58. The molecular formula is C25H23F2N7O3S. The summed E-state index contributed by atoms with van der Waals surface area (Å²) >= 11 is 0. The van der Waals surface area contributed by atoms with Crippen LogP contribution in [-0.2, 0) is 23.5 Å². The number of fused-ring (bicyclic) bond motifs is 1. The molecule has 0 amide bonds. The Bertz CT molecular complexity index is 1690. The molecule has 10 nitrogen and oxygen atoms in total. The minimum Gasteiger partial charge on any atom is -0.505 e. The fraction of sp³-hybridized carbons (Fsp3) is 0.280. The zero-order valence-electron chi connectivity index (χ0n) is 20.5. The van der Waals surface area contributed by atoms with E-state index in [1.54, 1.807) is 13.1 Å². The number of hydrogen-bond donors (Lipinski definition) is 1. The van der Waals surface area contributed by atoms with Gasteiger partial charge in [0.2, 0.25) is 21.8 Å². The Morgan fingerprint density at radius 3 is 2.61 bits per heavy atom. The first-order chi connectivity index (χ1) is 18.1. The fourth-order valence-electron chi connectivity index (χ4n) is 4.73. The summed E-state index contributed by atoms with van der Waals surface area (Å²) in [7, 11) is -1.79. The van der Waals surface area contributed by atoms with Crippen molar-refractivity contribution in [3.63, 3.8) is 0 Å². The Morgan fingerprint density at radius 1 is 1.18 bits per heavy atom. The normalized spacial score (nSPS) is 16.6. The molecule has 1 aliphatic rings. The van der Waals surface area contributed by atoms with Crippen LogP contribution < -0.4 is 4.90 Å². The predicted molar refractivity (Wildman–Crippen MR) is 136 cm³/mol. The van der Waals surface area contributed by atoms with Gasteiger partial charge in [-0.15, -0.1) is 0 Å². The van der Waals surface area contributed by atoms with Crippen molar-refractivity contribution in [1.82, 2.24) is 24.1 Å². The molecule has 1 N–H and O–H groups in total. The number of hydrogen-bond acceptors (Lipinski definition) is 8. The van der Waals surface area contributed by atoms with Crippen LogP contribution in [0.4, 0.5) is 14.7 Å².